The molecule has 0 atom stereocenters. The molecule has 1 aliphatic rings. The Morgan fingerprint density at radius 2 is 1.76 bits per heavy atom. The van der Waals surface area contributed by atoms with Gasteiger partial charge in [-0.05, 0) is 79.1 Å². The molecule has 6 nitrogen and oxygen atoms in total. The molecule has 0 saturated carbocycles. The van der Waals surface area contributed by atoms with E-state index in [0.29, 0.717) is 30.2 Å². The van der Waals surface area contributed by atoms with Crippen molar-refractivity contribution in [2.75, 3.05) is 33.9 Å². The fourth-order valence-corrected chi connectivity index (χ4v) is 5.55. The highest BCUT2D eigenvalue weighted by molar-refractivity contribution is 5.92. The van der Waals surface area contributed by atoms with Crippen molar-refractivity contribution in [2.45, 2.75) is 71.3 Å². The number of hydrogen-bond acceptors (Lipinski definition) is 4. The van der Waals surface area contributed by atoms with Crippen molar-refractivity contribution in [3.05, 3.63) is 47.5 Å². The minimum absolute atomic E-state index is 0.298. The summed E-state index contributed by atoms with van der Waals surface area (Å²) in [4.78, 5) is 18.4. The van der Waals surface area contributed by atoms with Gasteiger partial charge in [0.15, 0.2) is 11.5 Å². The van der Waals surface area contributed by atoms with Crippen LogP contribution in [-0.2, 0) is 4.79 Å². The number of aromatic nitrogens is 1. The van der Waals surface area contributed by atoms with Gasteiger partial charge in [0.2, 0.25) is 5.91 Å². The number of amides is 1. The number of methoxy groups -OCH3 is 2. The van der Waals surface area contributed by atoms with Gasteiger partial charge in [0.25, 0.3) is 0 Å². The number of nitrogens with one attached hydrogen (secondary N) is 2. The number of carbonyl (C=O) groups is 1. The van der Waals surface area contributed by atoms with Crippen molar-refractivity contribution in [3.63, 3.8) is 0 Å². The van der Waals surface area contributed by atoms with Gasteiger partial charge in [-0.3, -0.25) is 4.79 Å². The fraction of sp³-hybridized carbons (Fsp3) is 0.516. The SMILES string of the molecule is COc1ccc(-c2[nH]c3ccc(C4CCN(C(=O)CCCNC(C)C)CC4)cc3c2C(C)C)cc1OC. The maximum Gasteiger partial charge on any atom is 0.222 e. The average molecular weight is 506 g/mol. The summed E-state index contributed by atoms with van der Waals surface area (Å²) >= 11 is 0. The molecule has 0 radical (unpaired) electrons. The first-order valence-corrected chi connectivity index (χ1v) is 13.7. The van der Waals surface area contributed by atoms with Gasteiger partial charge in [0, 0.05) is 42.0 Å². The summed E-state index contributed by atoms with van der Waals surface area (Å²) in [5.41, 5.74) is 6.08. The Balaban J connectivity index is 1.51. The van der Waals surface area contributed by atoms with E-state index in [9.17, 15) is 4.79 Å². The normalized spacial score (nSPS) is 14.6. The average Bonchev–Trinajstić information content (AvgIpc) is 3.29. The first-order valence-electron chi connectivity index (χ1n) is 13.7. The predicted octanol–water partition coefficient (Wildman–Crippen LogP) is 6.46. The van der Waals surface area contributed by atoms with Gasteiger partial charge < -0.3 is 24.7 Å². The van der Waals surface area contributed by atoms with Crippen LogP contribution in [0.5, 0.6) is 11.5 Å². The molecular weight excluding hydrogens is 462 g/mol. The third kappa shape index (κ3) is 6.12. The number of ether oxygens (including phenoxy) is 2. The van der Waals surface area contributed by atoms with E-state index in [1.165, 1.54) is 16.5 Å². The van der Waals surface area contributed by atoms with Crippen LogP contribution in [0.4, 0.5) is 0 Å². The molecule has 37 heavy (non-hydrogen) atoms. The molecule has 0 unspecified atom stereocenters. The van der Waals surface area contributed by atoms with Gasteiger partial charge in [0.05, 0.1) is 19.9 Å². The number of fused-ring (bicyclic) bond motifs is 1. The Bertz CT molecular complexity index is 1210. The van der Waals surface area contributed by atoms with Crippen molar-refractivity contribution in [3.8, 4) is 22.8 Å². The van der Waals surface area contributed by atoms with Crippen LogP contribution in [0, 0.1) is 0 Å². The maximum atomic E-state index is 12.7. The number of aromatic amines is 1. The highest BCUT2D eigenvalue weighted by Gasteiger charge is 2.25. The van der Waals surface area contributed by atoms with Gasteiger partial charge in [0.1, 0.15) is 0 Å². The smallest absolute Gasteiger partial charge is 0.222 e. The highest BCUT2D eigenvalue weighted by atomic mass is 16.5. The Labute approximate surface area is 221 Å². The molecule has 1 amide bonds. The monoisotopic (exact) mass is 505 g/mol. The quantitative estimate of drug-likeness (QED) is 0.310. The molecule has 1 saturated heterocycles. The third-order valence-electron chi connectivity index (χ3n) is 7.55. The Morgan fingerprint density at radius 1 is 1.03 bits per heavy atom. The van der Waals surface area contributed by atoms with E-state index in [1.54, 1.807) is 14.2 Å². The first-order chi connectivity index (χ1) is 17.8. The van der Waals surface area contributed by atoms with Crippen LogP contribution < -0.4 is 14.8 Å². The van der Waals surface area contributed by atoms with Crippen molar-refractivity contribution < 1.29 is 14.3 Å². The molecule has 0 aliphatic carbocycles. The summed E-state index contributed by atoms with van der Waals surface area (Å²) in [5, 5.41) is 4.68. The summed E-state index contributed by atoms with van der Waals surface area (Å²) in [7, 11) is 3.33. The Hall–Kier alpha value is -2.99. The van der Waals surface area contributed by atoms with E-state index in [1.807, 2.05) is 12.1 Å². The number of rotatable bonds is 10. The number of piperidine rings is 1. The van der Waals surface area contributed by atoms with E-state index in [0.717, 1.165) is 67.2 Å². The van der Waals surface area contributed by atoms with E-state index >= 15 is 0 Å². The molecule has 3 aromatic rings. The van der Waals surface area contributed by atoms with Crippen LogP contribution >= 0.6 is 0 Å². The van der Waals surface area contributed by atoms with Crippen molar-refractivity contribution >= 4 is 16.8 Å². The molecule has 4 rings (SSSR count). The van der Waals surface area contributed by atoms with Gasteiger partial charge in [-0.2, -0.15) is 0 Å². The minimum atomic E-state index is 0.298. The van der Waals surface area contributed by atoms with Crippen LogP contribution in [0.25, 0.3) is 22.2 Å². The summed E-state index contributed by atoms with van der Waals surface area (Å²) < 4.78 is 11.0. The number of carbonyl (C=O) groups excluding carboxylic acids is 1. The largest absolute Gasteiger partial charge is 0.493 e. The van der Waals surface area contributed by atoms with Gasteiger partial charge in [-0.15, -0.1) is 0 Å². The fourth-order valence-electron chi connectivity index (χ4n) is 5.55. The second-order valence-electron chi connectivity index (χ2n) is 10.8. The molecule has 6 heteroatoms. The molecule has 2 aromatic carbocycles. The zero-order chi connectivity index (χ0) is 26.5. The van der Waals surface area contributed by atoms with E-state index in [4.69, 9.17) is 9.47 Å². The molecular formula is C31H43N3O3. The van der Waals surface area contributed by atoms with E-state index in [2.05, 4.69) is 67.2 Å². The summed E-state index contributed by atoms with van der Waals surface area (Å²) in [6, 6.07) is 13.4. The number of likely N-dealkylation sites (tertiary alicyclic amines) is 1. The van der Waals surface area contributed by atoms with Crippen LogP contribution in [0.1, 0.15) is 76.3 Å². The first kappa shape index (κ1) is 27.1. The van der Waals surface area contributed by atoms with E-state index < -0.39 is 0 Å². The summed E-state index contributed by atoms with van der Waals surface area (Å²) in [6.07, 6.45) is 3.58. The van der Waals surface area contributed by atoms with Crippen molar-refractivity contribution in [1.29, 1.82) is 0 Å². The second kappa shape index (κ2) is 12.0. The van der Waals surface area contributed by atoms with Crippen LogP contribution in [0.15, 0.2) is 36.4 Å². The highest BCUT2D eigenvalue weighted by Crippen LogP contribution is 2.40. The molecule has 1 fully saturated rings. The lowest BCUT2D eigenvalue weighted by atomic mass is 9.87. The maximum absolute atomic E-state index is 12.7. The van der Waals surface area contributed by atoms with Gasteiger partial charge in [-0.1, -0.05) is 33.8 Å². The zero-order valence-corrected chi connectivity index (χ0v) is 23.3. The van der Waals surface area contributed by atoms with Crippen LogP contribution in [-0.4, -0.2) is 55.7 Å². The molecule has 0 spiro atoms. The number of H-pyrrole nitrogens is 1. The molecule has 2 N–H and O–H groups in total. The van der Waals surface area contributed by atoms with Gasteiger partial charge >= 0.3 is 0 Å². The standard InChI is InChI=1S/C31H43N3O3/c1-20(2)30-25-18-23(22-13-16-34(17-14-22)29(35)8-7-15-32-21(3)4)9-11-26(25)33-31(30)24-10-12-27(36-5)28(19-24)37-6/h9-12,18-22,32-33H,7-8,13-17H2,1-6H3. The Morgan fingerprint density at radius 3 is 2.41 bits per heavy atom. The summed E-state index contributed by atoms with van der Waals surface area (Å²) in [5.74, 6) is 2.60. The predicted molar refractivity (Wildman–Crippen MR) is 152 cm³/mol. The molecule has 0 bridgehead atoms. The van der Waals surface area contributed by atoms with Crippen LogP contribution in [0.3, 0.4) is 0 Å². The molecule has 1 aromatic heterocycles. The van der Waals surface area contributed by atoms with Crippen molar-refractivity contribution in [1.82, 2.24) is 15.2 Å². The van der Waals surface area contributed by atoms with Crippen molar-refractivity contribution in [2.24, 2.45) is 0 Å². The van der Waals surface area contributed by atoms with Gasteiger partial charge in [-0.25, -0.2) is 0 Å². The van der Waals surface area contributed by atoms with Crippen LogP contribution in [0.2, 0.25) is 0 Å². The second-order valence-corrected chi connectivity index (χ2v) is 10.8. The lowest BCUT2D eigenvalue weighted by Gasteiger charge is -2.32. The van der Waals surface area contributed by atoms with E-state index in [-0.39, 0.29) is 0 Å². The lowest BCUT2D eigenvalue weighted by molar-refractivity contribution is -0.132. The zero-order valence-electron chi connectivity index (χ0n) is 23.3. The number of benzene rings is 2. The Kier molecular flexibility index (Phi) is 8.80. The molecule has 200 valence electrons. The molecule has 1 aliphatic heterocycles. The number of nitrogens with zero attached hydrogens (tertiary/aromatic N) is 1. The minimum Gasteiger partial charge on any atom is -0.493 e. The lowest BCUT2D eigenvalue weighted by Crippen LogP contribution is -2.38. The molecule has 2 heterocycles. The number of hydrogen-bond donors (Lipinski definition) is 2. The third-order valence-corrected chi connectivity index (χ3v) is 7.55. The summed E-state index contributed by atoms with van der Waals surface area (Å²) in [6.45, 7) is 11.4. The topological polar surface area (TPSA) is 66.6 Å².